The van der Waals surface area contributed by atoms with Crippen molar-refractivity contribution in [3.63, 3.8) is 0 Å². The highest BCUT2D eigenvalue weighted by atomic mass is 16.5. The van der Waals surface area contributed by atoms with Crippen LogP contribution in [0.15, 0.2) is 40.4 Å². The average molecular weight is 349 g/mol. The average Bonchev–Trinajstić information content (AvgIpc) is 3.22. The van der Waals surface area contributed by atoms with Crippen LogP contribution in [0.3, 0.4) is 0 Å². The summed E-state index contributed by atoms with van der Waals surface area (Å²) in [6.07, 6.45) is 3.14. The summed E-state index contributed by atoms with van der Waals surface area (Å²) in [5, 5.41) is 14.0. The zero-order chi connectivity index (χ0) is 18.5. The van der Waals surface area contributed by atoms with Crippen molar-refractivity contribution in [3.05, 3.63) is 41.7 Å². The van der Waals surface area contributed by atoms with Gasteiger partial charge in [-0.2, -0.15) is 5.26 Å². The van der Waals surface area contributed by atoms with Gasteiger partial charge >= 0.3 is 0 Å². The van der Waals surface area contributed by atoms with Gasteiger partial charge in [-0.1, -0.05) is 37.2 Å². The molecule has 0 saturated carbocycles. The van der Waals surface area contributed by atoms with Crippen molar-refractivity contribution in [1.29, 1.82) is 5.26 Å². The summed E-state index contributed by atoms with van der Waals surface area (Å²) in [4.78, 5) is 27.1. The van der Waals surface area contributed by atoms with Crippen LogP contribution in [0.1, 0.15) is 37.2 Å². The van der Waals surface area contributed by atoms with Gasteiger partial charge in [-0.05, 0) is 25.0 Å². The van der Waals surface area contributed by atoms with Crippen LogP contribution < -0.4 is 0 Å². The number of allylic oxidation sites excluding steroid dienone is 1. The molecule has 6 heteroatoms. The largest absolute Gasteiger partial charge is 0.350 e. The molecule has 1 aromatic carbocycles. The van der Waals surface area contributed by atoms with Crippen molar-refractivity contribution in [2.45, 2.75) is 26.7 Å². The predicted molar refractivity (Wildman–Crippen MR) is 94.1 cm³/mol. The molecule has 0 radical (unpaired) electrons. The minimum Gasteiger partial charge on any atom is -0.350 e. The highest BCUT2D eigenvalue weighted by Crippen LogP contribution is 2.48. The van der Waals surface area contributed by atoms with Crippen LogP contribution in [-0.4, -0.2) is 34.8 Å². The van der Waals surface area contributed by atoms with Gasteiger partial charge in [-0.15, -0.1) is 0 Å². The van der Waals surface area contributed by atoms with Gasteiger partial charge in [0, 0.05) is 23.9 Å². The molecule has 1 aliphatic carbocycles. The van der Waals surface area contributed by atoms with Crippen molar-refractivity contribution in [3.8, 4) is 6.07 Å². The van der Waals surface area contributed by atoms with Gasteiger partial charge in [-0.25, -0.2) is 0 Å². The number of carbonyl (C=O) groups is 2. The van der Waals surface area contributed by atoms with Crippen LogP contribution >= 0.6 is 0 Å². The standard InChI is InChI=1S/C20H19N3O3/c1-19(2)11-20(9-13(10-21)17(19)24)7-8-23(12-20)18(25)16-14-5-3-4-6-15(14)22-26-16/h3-6,9H,7-8,11-12H2,1-2H3. The molecule has 1 spiro atoms. The normalized spacial score (nSPS) is 24.7. The number of benzene rings is 1. The van der Waals surface area contributed by atoms with Gasteiger partial charge in [0.1, 0.15) is 11.6 Å². The fourth-order valence-electron chi connectivity index (χ4n) is 4.35. The number of amides is 1. The first kappa shape index (κ1) is 16.5. The van der Waals surface area contributed by atoms with E-state index >= 15 is 0 Å². The molecular weight excluding hydrogens is 330 g/mol. The van der Waals surface area contributed by atoms with E-state index in [2.05, 4.69) is 5.16 Å². The number of nitriles is 1. The van der Waals surface area contributed by atoms with E-state index in [0.29, 0.717) is 30.4 Å². The van der Waals surface area contributed by atoms with Crippen LogP contribution in [0.2, 0.25) is 0 Å². The number of likely N-dealkylation sites (tertiary alicyclic amines) is 1. The lowest BCUT2D eigenvalue weighted by molar-refractivity contribution is -0.125. The SMILES string of the molecule is CC1(C)CC2(C=C(C#N)C1=O)CCN(C(=O)c1onc3ccccc13)C2. The Hall–Kier alpha value is -2.94. The summed E-state index contributed by atoms with van der Waals surface area (Å²) in [6.45, 7) is 4.78. The molecule has 2 heterocycles. The molecule has 26 heavy (non-hydrogen) atoms. The molecular formula is C20H19N3O3. The molecule has 0 N–H and O–H groups in total. The first-order valence-corrected chi connectivity index (χ1v) is 8.67. The van der Waals surface area contributed by atoms with Crippen molar-refractivity contribution in [1.82, 2.24) is 10.1 Å². The zero-order valence-electron chi connectivity index (χ0n) is 14.8. The van der Waals surface area contributed by atoms with E-state index in [9.17, 15) is 14.9 Å². The van der Waals surface area contributed by atoms with E-state index in [1.54, 1.807) is 17.0 Å². The number of ketones is 1. The summed E-state index contributed by atoms with van der Waals surface area (Å²) in [5.41, 5.74) is -0.0762. The van der Waals surface area contributed by atoms with E-state index < -0.39 is 5.41 Å². The number of carbonyl (C=O) groups excluding carboxylic acids is 2. The maximum absolute atomic E-state index is 13.0. The van der Waals surface area contributed by atoms with Gasteiger partial charge in [-0.3, -0.25) is 9.59 Å². The fraction of sp³-hybridized carbons (Fsp3) is 0.400. The smallest absolute Gasteiger partial charge is 0.293 e. The highest BCUT2D eigenvalue weighted by molar-refractivity contribution is 6.05. The second-order valence-electron chi connectivity index (χ2n) is 7.93. The lowest BCUT2D eigenvalue weighted by atomic mass is 9.64. The summed E-state index contributed by atoms with van der Waals surface area (Å²) in [5.74, 6) is -0.0675. The Labute approximate surface area is 151 Å². The topological polar surface area (TPSA) is 87.2 Å². The molecule has 1 amide bonds. The van der Waals surface area contributed by atoms with Crippen molar-refractivity contribution in [2.75, 3.05) is 13.1 Å². The molecule has 2 aromatic rings. The van der Waals surface area contributed by atoms with Crippen LogP contribution in [0, 0.1) is 22.2 Å². The first-order chi connectivity index (χ1) is 12.4. The summed E-state index contributed by atoms with van der Waals surface area (Å²) in [6, 6.07) is 9.35. The minimum absolute atomic E-state index is 0.114. The summed E-state index contributed by atoms with van der Waals surface area (Å²) < 4.78 is 5.30. The molecule has 1 unspecified atom stereocenters. The van der Waals surface area contributed by atoms with Gasteiger partial charge in [0.05, 0.1) is 11.0 Å². The van der Waals surface area contributed by atoms with E-state index in [1.165, 1.54) is 0 Å². The van der Waals surface area contributed by atoms with Gasteiger partial charge in [0.2, 0.25) is 5.76 Å². The van der Waals surface area contributed by atoms with E-state index in [1.807, 2.05) is 38.1 Å². The molecule has 6 nitrogen and oxygen atoms in total. The van der Waals surface area contributed by atoms with Crippen molar-refractivity contribution >= 4 is 22.6 Å². The van der Waals surface area contributed by atoms with Crippen molar-refractivity contribution < 1.29 is 14.1 Å². The second-order valence-corrected chi connectivity index (χ2v) is 7.93. The second kappa shape index (κ2) is 5.53. The summed E-state index contributed by atoms with van der Waals surface area (Å²) in [7, 11) is 0. The minimum atomic E-state index is -0.599. The molecule has 1 aliphatic heterocycles. The Balaban J connectivity index is 1.64. The van der Waals surface area contributed by atoms with Crippen LogP contribution in [0.25, 0.3) is 10.9 Å². The van der Waals surface area contributed by atoms with E-state index in [0.717, 1.165) is 6.42 Å². The van der Waals surface area contributed by atoms with E-state index in [-0.39, 0.29) is 28.4 Å². The predicted octanol–water partition coefficient (Wildman–Crippen LogP) is 3.11. The summed E-state index contributed by atoms with van der Waals surface area (Å²) >= 11 is 0. The number of hydrogen-bond donors (Lipinski definition) is 0. The van der Waals surface area contributed by atoms with Gasteiger partial charge in [0.25, 0.3) is 5.91 Å². The molecule has 1 saturated heterocycles. The maximum Gasteiger partial charge on any atom is 0.293 e. The molecule has 2 aliphatic rings. The number of hydrogen-bond acceptors (Lipinski definition) is 5. The Kier molecular flexibility index (Phi) is 3.52. The Bertz CT molecular complexity index is 995. The Morgan fingerprint density at radius 1 is 1.35 bits per heavy atom. The number of aromatic nitrogens is 1. The third-order valence-corrected chi connectivity index (χ3v) is 5.48. The molecule has 1 aromatic heterocycles. The maximum atomic E-state index is 13.0. The molecule has 4 rings (SSSR count). The Morgan fingerprint density at radius 2 is 2.12 bits per heavy atom. The molecule has 132 valence electrons. The lowest BCUT2D eigenvalue weighted by Crippen LogP contribution is -2.40. The monoisotopic (exact) mass is 349 g/mol. The van der Waals surface area contributed by atoms with Crippen molar-refractivity contribution in [2.24, 2.45) is 10.8 Å². The van der Waals surface area contributed by atoms with Crippen LogP contribution in [-0.2, 0) is 4.79 Å². The highest BCUT2D eigenvalue weighted by Gasteiger charge is 2.49. The van der Waals surface area contributed by atoms with E-state index in [4.69, 9.17) is 4.52 Å². The molecule has 1 fully saturated rings. The van der Waals surface area contributed by atoms with Crippen LogP contribution in [0.5, 0.6) is 0 Å². The third-order valence-electron chi connectivity index (χ3n) is 5.48. The zero-order valence-corrected chi connectivity index (χ0v) is 14.8. The van der Waals surface area contributed by atoms with Gasteiger partial charge in [0.15, 0.2) is 5.78 Å². The number of rotatable bonds is 1. The number of fused-ring (bicyclic) bond motifs is 1. The van der Waals surface area contributed by atoms with Crippen LogP contribution in [0.4, 0.5) is 0 Å². The fourth-order valence-corrected chi connectivity index (χ4v) is 4.35. The third kappa shape index (κ3) is 2.43. The first-order valence-electron chi connectivity index (χ1n) is 8.67. The Morgan fingerprint density at radius 3 is 2.88 bits per heavy atom. The quantitative estimate of drug-likeness (QED) is 0.789. The lowest BCUT2D eigenvalue weighted by Gasteiger charge is -2.38. The number of nitrogens with zero attached hydrogens (tertiary/aromatic N) is 3. The molecule has 0 bridgehead atoms. The molecule has 1 atom stereocenters. The number of Topliss-reactive ketones (excluding diaryl/α,β-unsaturated/α-hetero) is 1. The van der Waals surface area contributed by atoms with Gasteiger partial charge < -0.3 is 9.42 Å².